The minimum Gasteiger partial charge on any atom is -0.494 e. The van der Waals surface area contributed by atoms with Crippen molar-refractivity contribution in [2.24, 2.45) is 0 Å². The van der Waals surface area contributed by atoms with E-state index < -0.39 is 32.2 Å². The molecule has 2 aromatic carbocycles. The number of nitrogens with zero attached hydrogens (tertiary/aromatic N) is 1. The van der Waals surface area contributed by atoms with Gasteiger partial charge in [-0.15, -0.1) is 0 Å². The number of carbonyl (C=O) groups excluding carboxylic acids is 1. The highest BCUT2D eigenvalue weighted by Gasteiger charge is 2.25. The summed E-state index contributed by atoms with van der Waals surface area (Å²) < 4.78 is 53.4. The van der Waals surface area contributed by atoms with E-state index in [-0.39, 0.29) is 20.0 Å². The molecule has 0 aliphatic rings. The first kappa shape index (κ1) is 27.5. The Labute approximate surface area is 227 Å². The normalized spacial score (nSPS) is 11.2. The Bertz CT molecular complexity index is 1720. The molecule has 2 heterocycles. The average Bonchev–Trinajstić information content (AvgIpc) is 2.85. The second kappa shape index (κ2) is 11.1. The largest absolute Gasteiger partial charge is 0.494 e. The Balaban J connectivity index is 0.00000294. The lowest BCUT2D eigenvalue weighted by Crippen LogP contribution is -2.34. The van der Waals surface area contributed by atoms with Gasteiger partial charge in [0.05, 0.1) is 12.3 Å². The predicted octanol–water partition coefficient (Wildman–Crippen LogP) is 5.30. The zero-order valence-corrected chi connectivity index (χ0v) is 22.5. The highest BCUT2D eigenvalue weighted by molar-refractivity contribution is 7.90. The van der Waals surface area contributed by atoms with Gasteiger partial charge in [0.25, 0.3) is 21.5 Å². The number of carbonyl (C=O) groups is 1. The van der Waals surface area contributed by atoms with Crippen molar-refractivity contribution in [3.63, 3.8) is 0 Å². The maximum Gasteiger partial charge on any atom is 0.270 e. The molecule has 2 N–H and O–H groups in total. The number of rotatable bonds is 8. The Morgan fingerprint density at radius 1 is 1.08 bits per heavy atom. The lowest BCUT2D eigenvalue weighted by molar-refractivity contribution is 0.0978. The summed E-state index contributed by atoms with van der Waals surface area (Å²) in [6.07, 6.45) is 1.27. The first-order valence-corrected chi connectivity index (χ1v) is 13.4. The van der Waals surface area contributed by atoms with Gasteiger partial charge in [-0.3, -0.25) is 9.59 Å². The Kier molecular flexibility index (Phi) is 7.82. The first-order chi connectivity index (χ1) is 18.5. The number of aryl methyl sites for hydroxylation is 3. The van der Waals surface area contributed by atoms with E-state index >= 15 is 0 Å². The third kappa shape index (κ3) is 6.15. The molecule has 0 unspecified atom stereocenters. The van der Waals surface area contributed by atoms with Crippen LogP contribution in [0.4, 0.5) is 4.39 Å². The fraction of sp³-hybridized carbons (Fsp3) is 0.179. The van der Waals surface area contributed by atoms with E-state index in [1.54, 1.807) is 13.0 Å². The highest BCUT2D eigenvalue weighted by atomic mass is 32.2. The number of amides is 1. The van der Waals surface area contributed by atoms with E-state index in [9.17, 15) is 22.4 Å². The van der Waals surface area contributed by atoms with Crippen molar-refractivity contribution in [3.05, 3.63) is 99.2 Å². The number of H-pyrrole nitrogens is 1. The van der Waals surface area contributed by atoms with E-state index in [1.165, 1.54) is 36.5 Å². The molecule has 2 aromatic heterocycles. The van der Waals surface area contributed by atoms with Gasteiger partial charge in [-0.05, 0) is 75.2 Å². The van der Waals surface area contributed by atoms with Gasteiger partial charge in [0.1, 0.15) is 22.9 Å². The lowest BCUT2D eigenvalue weighted by atomic mass is 10.1. The van der Waals surface area contributed by atoms with Gasteiger partial charge in [0.2, 0.25) is 5.88 Å². The number of pyridine rings is 2. The van der Waals surface area contributed by atoms with Crippen molar-refractivity contribution in [1.29, 1.82) is 0 Å². The molecule has 0 saturated heterocycles. The molecule has 4 rings (SSSR count). The molecule has 0 bridgehead atoms. The molecular weight excluding hydrogens is 525 g/mol. The number of ether oxygens (including phenoxy) is 2. The summed E-state index contributed by atoms with van der Waals surface area (Å²) in [7, 11) is -4.52. The number of sulfonamides is 1. The van der Waals surface area contributed by atoms with E-state index in [2.05, 4.69) is 9.97 Å². The summed E-state index contributed by atoms with van der Waals surface area (Å²) in [5.74, 6) is -1.10. The van der Waals surface area contributed by atoms with Crippen molar-refractivity contribution in [2.75, 3.05) is 6.61 Å². The molecule has 0 atom stereocenters. The van der Waals surface area contributed by atoms with Crippen LogP contribution in [0.1, 0.15) is 36.8 Å². The van der Waals surface area contributed by atoms with Crippen LogP contribution in [-0.4, -0.2) is 30.9 Å². The Morgan fingerprint density at radius 3 is 2.46 bits per heavy atom. The van der Waals surface area contributed by atoms with Crippen LogP contribution in [0.25, 0.3) is 11.3 Å². The maximum absolute atomic E-state index is 14.3. The number of benzene rings is 2. The zero-order valence-electron chi connectivity index (χ0n) is 21.7. The van der Waals surface area contributed by atoms with Crippen molar-refractivity contribution in [2.45, 2.75) is 32.6 Å². The number of hydrogen-bond acceptors (Lipinski definition) is 7. The lowest BCUT2D eigenvalue weighted by Gasteiger charge is -2.16. The average molecular weight is 556 g/mol. The van der Waals surface area contributed by atoms with Crippen LogP contribution in [-0.2, 0) is 10.0 Å². The second-order valence-electron chi connectivity index (χ2n) is 8.79. The molecule has 0 aliphatic heterocycles. The zero-order chi connectivity index (χ0) is 28.3. The molecule has 0 saturated carbocycles. The van der Waals surface area contributed by atoms with Crippen LogP contribution in [0.3, 0.4) is 0 Å². The van der Waals surface area contributed by atoms with E-state index in [0.29, 0.717) is 23.7 Å². The van der Waals surface area contributed by atoms with Crippen molar-refractivity contribution >= 4 is 15.9 Å². The molecule has 4 aromatic rings. The van der Waals surface area contributed by atoms with Gasteiger partial charge >= 0.3 is 0 Å². The summed E-state index contributed by atoms with van der Waals surface area (Å²) in [5.41, 5.74) is 2.04. The molecule has 0 fully saturated rings. The van der Waals surface area contributed by atoms with E-state index in [4.69, 9.17) is 9.47 Å². The van der Waals surface area contributed by atoms with Gasteiger partial charge in [-0.2, -0.15) is 0 Å². The fourth-order valence-corrected chi connectivity index (χ4v) is 5.11. The molecular formula is C28H30FN3O6S. The second-order valence-corrected chi connectivity index (χ2v) is 10.4. The standard InChI is InChI=1S/C28H26FN3O6S.2H2/c1-5-37-21-14-19(13-20(29)15-21)23-9-8-22(26(33)32-39(35,36)24-7-6-10-30-27(24)34)28(31-23)38-25-17(3)11-16(2)12-18(25)4;;/h6-15H,5H2,1-4H3,(H,30,34)(H,32,33);2*1H. The Morgan fingerprint density at radius 2 is 1.79 bits per heavy atom. The number of halogens is 1. The van der Waals surface area contributed by atoms with Crippen LogP contribution in [0.15, 0.2) is 70.5 Å². The number of nitrogens with one attached hydrogen (secondary N) is 2. The fourth-order valence-electron chi connectivity index (χ4n) is 4.09. The summed E-state index contributed by atoms with van der Waals surface area (Å²) in [6, 6.07) is 13.0. The van der Waals surface area contributed by atoms with E-state index in [0.717, 1.165) is 22.8 Å². The SMILES string of the molecule is CCOc1cc(F)cc(-c2ccc(C(=O)NS(=O)(=O)c3ccc[nH]c3=O)c(Oc3c(C)cc(C)cc3C)n2)c1.[HH].[HH]. The van der Waals surface area contributed by atoms with Crippen LogP contribution in [0.2, 0.25) is 0 Å². The van der Waals surface area contributed by atoms with Crippen LogP contribution in [0.5, 0.6) is 17.4 Å². The summed E-state index contributed by atoms with van der Waals surface area (Å²) in [4.78, 5) is 31.3. The molecule has 0 spiro atoms. The molecule has 0 aliphatic carbocycles. The third-order valence-electron chi connectivity index (χ3n) is 5.68. The van der Waals surface area contributed by atoms with Crippen molar-refractivity contribution < 1.29 is 29.9 Å². The summed E-state index contributed by atoms with van der Waals surface area (Å²) in [5, 5.41) is 0. The van der Waals surface area contributed by atoms with Crippen LogP contribution >= 0.6 is 0 Å². The van der Waals surface area contributed by atoms with Crippen LogP contribution in [0, 0.1) is 26.6 Å². The van der Waals surface area contributed by atoms with Gasteiger partial charge in [0, 0.05) is 20.7 Å². The summed E-state index contributed by atoms with van der Waals surface area (Å²) in [6.45, 7) is 7.68. The minimum atomic E-state index is -4.52. The molecule has 39 heavy (non-hydrogen) atoms. The quantitative estimate of drug-likeness (QED) is 0.302. The molecule has 0 radical (unpaired) electrons. The molecule has 206 valence electrons. The first-order valence-electron chi connectivity index (χ1n) is 11.9. The highest BCUT2D eigenvalue weighted by Crippen LogP contribution is 2.33. The van der Waals surface area contributed by atoms with Crippen molar-refractivity contribution in [3.8, 4) is 28.6 Å². The number of hydrogen-bond donors (Lipinski definition) is 2. The maximum atomic E-state index is 14.3. The number of aromatic amines is 1. The smallest absolute Gasteiger partial charge is 0.270 e. The topological polar surface area (TPSA) is 127 Å². The monoisotopic (exact) mass is 555 g/mol. The molecule has 11 heteroatoms. The van der Waals surface area contributed by atoms with Gasteiger partial charge < -0.3 is 14.5 Å². The van der Waals surface area contributed by atoms with Crippen LogP contribution < -0.4 is 19.8 Å². The number of aromatic nitrogens is 2. The molecule has 1 amide bonds. The third-order valence-corrected chi connectivity index (χ3v) is 7.04. The predicted molar refractivity (Wildman–Crippen MR) is 147 cm³/mol. The van der Waals surface area contributed by atoms with E-state index in [1.807, 2.05) is 37.6 Å². The van der Waals surface area contributed by atoms with Gasteiger partial charge in [0.15, 0.2) is 4.90 Å². The van der Waals surface area contributed by atoms with Gasteiger partial charge in [-0.25, -0.2) is 22.5 Å². The minimum absolute atomic E-state index is 0. The summed E-state index contributed by atoms with van der Waals surface area (Å²) >= 11 is 0. The Hall–Kier alpha value is -4.51. The van der Waals surface area contributed by atoms with Crippen molar-refractivity contribution in [1.82, 2.24) is 14.7 Å². The molecule has 9 nitrogen and oxygen atoms in total. The van der Waals surface area contributed by atoms with Gasteiger partial charge in [-0.1, -0.05) is 17.7 Å².